The van der Waals surface area contributed by atoms with Crippen LogP contribution in [-0.2, 0) is 4.74 Å². The Morgan fingerprint density at radius 3 is 2.83 bits per heavy atom. The zero-order valence-electron chi connectivity index (χ0n) is 10.5. The minimum absolute atomic E-state index is 0.328. The molecule has 0 amide bonds. The van der Waals surface area contributed by atoms with Gasteiger partial charge in [-0.15, -0.1) is 11.3 Å². The zero-order chi connectivity index (χ0) is 13.1. The van der Waals surface area contributed by atoms with Crippen molar-refractivity contribution in [2.24, 2.45) is 0 Å². The first-order chi connectivity index (χ1) is 8.60. The average Bonchev–Trinajstić information content (AvgIpc) is 2.80. The summed E-state index contributed by atoms with van der Waals surface area (Å²) in [5.74, 6) is -0.417. The molecule has 1 aromatic carbocycles. The molecule has 94 valence electrons. The molecule has 18 heavy (non-hydrogen) atoms. The van der Waals surface area contributed by atoms with Crippen molar-refractivity contribution in [1.82, 2.24) is 4.98 Å². The molecule has 1 heterocycles. The molecule has 2 aromatic rings. The number of esters is 1. The zero-order valence-corrected chi connectivity index (χ0v) is 11.3. The van der Waals surface area contributed by atoms with Crippen LogP contribution in [0.1, 0.15) is 21.6 Å². The number of carbonyl (C=O) groups excluding carboxylic acids is 1. The minimum Gasteiger partial charge on any atom is -0.464 e. The van der Waals surface area contributed by atoms with Crippen molar-refractivity contribution >= 4 is 28.1 Å². The summed E-state index contributed by atoms with van der Waals surface area (Å²) in [5, 5.41) is 5.56. The lowest BCUT2D eigenvalue weighted by molar-refractivity contribution is 0.0595. The van der Waals surface area contributed by atoms with E-state index in [-0.39, 0.29) is 0 Å². The Morgan fingerprint density at radius 2 is 2.17 bits per heavy atom. The second kappa shape index (κ2) is 5.18. The van der Waals surface area contributed by atoms with Gasteiger partial charge in [-0.05, 0) is 25.5 Å². The second-order valence-corrected chi connectivity index (χ2v) is 4.83. The molecule has 5 heteroatoms. The molecule has 0 aliphatic carbocycles. The number of ether oxygens (including phenoxy) is 1. The molecule has 0 fully saturated rings. The van der Waals surface area contributed by atoms with E-state index in [1.54, 1.807) is 5.38 Å². The number of aryl methyl sites for hydroxylation is 2. The Morgan fingerprint density at radius 1 is 1.39 bits per heavy atom. The van der Waals surface area contributed by atoms with E-state index in [0.29, 0.717) is 10.8 Å². The van der Waals surface area contributed by atoms with Crippen LogP contribution in [0.5, 0.6) is 0 Å². The molecular weight excluding hydrogens is 248 g/mol. The van der Waals surface area contributed by atoms with E-state index >= 15 is 0 Å². The largest absolute Gasteiger partial charge is 0.464 e. The summed E-state index contributed by atoms with van der Waals surface area (Å²) < 4.78 is 4.62. The van der Waals surface area contributed by atoms with Crippen LogP contribution in [0.25, 0.3) is 0 Å². The van der Waals surface area contributed by atoms with Gasteiger partial charge in [0, 0.05) is 11.1 Å². The van der Waals surface area contributed by atoms with E-state index in [0.717, 1.165) is 11.3 Å². The molecule has 0 atom stereocenters. The number of hydrogen-bond donors (Lipinski definition) is 1. The molecule has 0 radical (unpaired) electrons. The van der Waals surface area contributed by atoms with E-state index < -0.39 is 5.97 Å². The molecule has 2 rings (SSSR count). The van der Waals surface area contributed by atoms with Crippen LogP contribution in [0, 0.1) is 13.8 Å². The first-order valence-corrected chi connectivity index (χ1v) is 6.36. The van der Waals surface area contributed by atoms with E-state index in [4.69, 9.17) is 0 Å². The summed E-state index contributed by atoms with van der Waals surface area (Å²) in [5.41, 5.74) is 3.68. The monoisotopic (exact) mass is 262 g/mol. The molecule has 0 bridgehead atoms. The molecule has 4 nitrogen and oxygen atoms in total. The third-order valence-electron chi connectivity index (χ3n) is 2.52. The van der Waals surface area contributed by atoms with Crippen LogP contribution in [0.4, 0.5) is 10.8 Å². The average molecular weight is 262 g/mol. The van der Waals surface area contributed by atoms with Gasteiger partial charge in [0.15, 0.2) is 10.8 Å². The Bertz CT molecular complexity index is 578. The Kier molecular flexibility index (Phi) is 3.62. The Balaban J connectivity index is 2.18. The maximum atomic E-state index is 11.3. The summed E-state index contributed by atoms with van der Waals surface area (Å²) in [7, 11) is 1.35. The number of aromatic nitrogens is 1. The maximum Gasteiger partial charge on any atom is 0.357 e. The van der Waals surface area contributed by atoms with Crippen molar-refractivity contribution in [3.8, 4) is 0 Å². The first-order valence-electron chi connectivity index (χ1n) is 5.48. The number of benzene rings is 1. The van der Waals surface area contributed by atoms with Gasteiger partial charge < -0.3 is 10.1 Å². The lowest BCUT2D eigenvalue weighted by Crippen LogP contribution is -2.01. The van der Waals surface area contributed by atoms with Crippen molar-refractivity contribution < 1.29 is 9.53 Å². The van der Waals surface area contributed by atoms with Crippen molar-refractivity contribution in [3.05, 3.63) is 40.4 Å². The second-order valence-electron chi connectivity index (χ2n) is 3.97. The fourth-order valence-electron chi connectivity index (χ4n) is 1.60. The Labute approximate surface area is 110 Å². The molecule has 0 saturated carbocycles. The SMILES string of the molecule is COC(=O)c1csc(Nc2ccc(C)cc2C)n1. The van der Waals surface area contributed by atoms with Gasteiger partial charge in [-0.25, -0.2) is 9.78 Å². The summed E-state index contributed by atoms with van der Waals surface area (Å²) in [6.07, 6.45) is 0. The maximum absolute atomic E-state index is 11.3. The number of anilines is 2. The highest BCUT2D eigenvalue weighted by Crippen LogP contribution is 2.24. The fourth-order valence-corrected chi connectivity index (χ4v) is 2.29. The summed E-state index contributed by atoms with van der Waals surface area (Å²) in [6, 6.07) is 6.13. The number of methoxy groups -OCH3 is 1. The molecular formula is C13H14N2O2S. The van der Waals surface area contributed by atoms with Crippen LogP contribution >= 0.6 is 11.3 Å². The third-order valence-corrected chi connectivity index (χ3v) is 3.28. The molecule has 0 unspecified atom stereocenters. The summed E-state index contributed by atoms with van der Waals surface area (Å²) in [4.78, 5) is 15.5. The molecule has 1 aromatic heterocycles. The van der Waals surface area contributed by atoms with Crippen LogP contribution in [0.15, 0.2) is 23.6 Å². The van der Waals surface area contributed by atoms with Gasteiger partial charge in [0.05, 0.1) is 7.11 Å². The normalized spacial score (nSPS) is 10.2. The highest BCUT2D eigenvalue weighted by Gasteiger charge is 2.11. The van der Waals surface area contributed by atoms with Gasteiger partial charge in [-0.3, -0.25) is 0 Å². The molecule has 0 aliphatic rings. The quantitative estimate of drug-likeness (QED) is 0.862. The Hall–Kier alpha value is -1.88. The first kappa shape index (κ1) is 12.6. The van der Waals surface area contributed by atoms with Gasteiger partial charge >= 0.3 is 5.97 Å². The van der Waals surface area contributed by atoms with Crippen molar-refractivity contribution in [1.29, 1.82) is 0 Å². The number of hydrogen-bond acceptors (Lipinski definition) is 5. The number of thiazole rings is 1. The highest BCUT2D eigenvalue weighted by molar-refractivity contribution is 7.14. The molecule has 0 spiro atoms. The van der Waals surface area contributed by atoms with Gasteiger partial charge in [0.25, 0.3) is 0 Å². The third kappa shape index (κ3) is 2.68. The van der Waals surface area contributed by atoms with E-state index in [1.165, 1.54) is 24.0 Å². The molecule has 0 aliphatic heterocycles. The van der Waals surface area contributed by atoms with Gasteiger partial charge in [0.1, 0.15) is 0 Å². The number of nitrogens with one attached hydrogen (secondary N) is 1. The van der Waals surface area contributed by atoms with Crippen molar-refractivity contribution in [2.45, 2.75) is 13.8 Å². The van der Waals surface area contributed by atoms with Crippen molar-refractivity contribution in [3.63, 3.8) is 0 Å². The van der Waals surface area contributed by atoms with E-state index in [2.05, 4.69) is 28.0 Å². The smallest absolute Gasteiger partial charge is 0.357 e. The van der Waals surface area contributed by atoms with Crippen LogP contribution in [0.3, 0.4) is 0 Å². The van der Waals surface area contributed by atoms with Crippen LogP contribution in [0.2, 0.25) is 0 Å². The number of carbonyl (C=O) groups is 1. The van der Waals surface area contributed by atoms with Gasteiger partial charge in [-0.1, -0.05) is 17.7 Å². The van der Waals surface area contributed by atoms with E-state index in [1.807, 2.05) is 19.1 Å². The van der Waals surface area contributed by atoms with Crippen molar-refractivity contribution in [2.75, 3.05) is 12.4 Å². The van der Waals surface area contributed by atoms with Gasteiger partial charge in [0.2, 0.25) is 0 Å². The fraction of sp³-hybridized carbons (Fsp3) is 0.231. The van der Waals surface area contributed by atoms with Gasteiger partial charge in [-0.2, -0.15) is 0 Å². The standard InChI is InChI=1S/C13H14N2O2S/c1-8-4-5-10(9(2)6-8)14-13-15-11(7-18-13)12(16)17-3/h4-7H,1-3H3,(H,14,15). The highest BCUT2D eigenvalue weighted by atomic mass is 32.1. The van der Waals surface area contributed by atoms with Crippen LogP contribution < -0.4 is 5.32 Å². The molecule has 1 N–H and O–H groups in total. The van der Waals surface area contributed by atoms with Crippen LogP contribution in [-0.4, -0.2) is 18.1 Å². The predicted molar refractivity (Wildman–Crippen MR) is 72.7 cm³/mol. The minimum atomic E-state index is -0.417. The topological polar surface area (TPSA) is 51.2 Å². The van der Waals surface area contributed by atoms with E-state index in [9.17, 15) is 4.79 Å². The summed E-state index contributed by atoms with van der Waals surface area (Å²) >= 11 is 1.38. The lowest BCUT2D eigenvalue weighted by Gasteiger charge is -2.07. The summed E-state index contributed by atoms with van der Waals surface area (Å²) in [6.45, 7) is 4.08. The lowest BCUT2D eigenvalue weighted by atomic mass is 10.1. The number of nitrogens with zero attached hydrogens (tertiary/aromatic N) is 1. The predicted octanol–water partition coefficient (Wildman–Crippen LogP) is 3.29. The molecule has 0 saturated heterocycles. The number of rotatable bonds is 3.